The number of nitro benzene ring substituents is 1. The Balaban J connectivity index is 0.000000476. The lowest BCUT2D eigenvalue weighted by Crippen LogP contribution is -2.42. The van der Waals surface area contributed by atoms with Crippen LogP contribution in [-0.4, -0.2) is 109 Å². The second-order valence-electron chi connectivity index (χ2n) is 13.9. The summed E-state index contributed by atoms with van der Waals surface area (Å²) in [6.45, 7) is 3.21. The van der Waals surface area contributed by atoms with Crippen molar-refractivity contribution < 1.29 is 49.1 Å². The topological polar surface area (TPSA) is 222 Å². The van der Waals surface area contributed by atoms with Gasteiger partial charge in [-0.1, -0.05) is 59.6 Å². The molecule has 4 N–H and O–H groups in total. The number of hydrogen-bond acceptors (Lipinski definition) is 9. The molecule has 1 aliphatic heterocycles. The summed E-state index contributed by atoms with van der Waals surface area (Å²) in [6.07, 6.45) is 2.28. The first kappa shape index (κ1) is 44.9. The Labute approximate surface area is 341 Å². The number of hydrogen-bond donors (Lipinski definition) is 4. The van der Waals surface area contributed by atoms with E-state index in [2.05, 4.69) is 11.0 Å². The van der Waals surface area contributed by atoms with E-state index >= 15 is 0 Å². The molecule has 0 spiro atoms. The standard InChI is InChI=1S/C34H35Cl2N3O4S.C6H8O7/c1-37(34(40)30-8-5-6-25-20-27(39(41)42)11-12-28(25)30)22-26(24-10-13-31(35)32(36)21-24)16-19-38-17-14-23(15-18-38)29-7-3-4-9-33(29)44(2)43;7-3(8)1-6(13,5(11)12)2-4(9)10/h3-13,20-21,23,26H,14-19,22H2,1-2H3;13H,1-2H2,(H,7,8)(H,9,10)(H,11,12)/t26-,44?;/m1./s1. The fraction of sp³-hybridized carbons (Fsp3) is 0.350. The number of rotatable bonds is 15. The predicted molar refractivity (Wildman–Crippen MR) is 216 cm³/mol. The largest absolute Gasteiger partial charge is 0.612 e. The zero-order valence-corrected chi connectivity index (χ0v) is 33.5. The van der Waals surface area contributed by atoms with Gasteiger partial charge >= 0.3 is 17.9 Å². The van der Waals surface area contributed by atoms with Gasteiger partial charge in [0.05, 0.1) is 27.8 Å². The highest BCUT2D eigenvalue weighted by atomic mass is 35.5. The normalized spacial score (nSPS) is 14.6. The Morgan fingerprint density at radius 2 is 1.58 bits per heavy atom. The number of piperidine rings is 1. The van der Waals surface area contributed by atoms with Crippen molar-refractivity contribution in [3.8, 4) is 0 Å². The molecule has 0 radical (unpaired) electrons. The van der Waals surface area contributed by atoms with Gasteiger partial charge in [0.1, 0.15) is 6.26 Å². The number of amides is 1. The van der Waals surface area contributed by atoms with Crippen molar-refractivity contribution >= 4 is 74.7 Å². The molecule has 4 aromatic carbocycles. The molecule has 0 bridgehead atoms. The first-order valence-corrected chi connectivity index (χ1v) is 20.1. The number of likely N-dealkylation sites (tertiary alicyclic amines) is 1. The highest BCUT2D eigenvalue weighted by Crippen LogP contribution is 2.34. The van der Waals surface area contributed by atoms with Crippen molar-refractivity contribution in [3.05, 3.63) is 116 Å². The SMILES string of the molecule is CN(C[C@@H](CCN1CCC(c2ccccc2[S+](C)[O-])CC1)c1ccc(Cl)c(Cl)c1)C(=O)c1cccc2cc([N+](=O)[O-])ccc12.O=C(O)CC(O)(CC(=O)O)C(=O)O. The molecule has 1 amide bonds. The van der Waals surface area contributed by atoms with Crippen LogP contribution >= 0.6 is 23.2 Å². The first-order chi connectivity index (χ1) is 26.9. The molecule has 57 heavy (non-hydrogen) atoms. The highest BCUT2D eigenvalue weighted by molar-refractivity contribution is 7.90. The van der Waals surface area contributed by atoms with E-state index in [9.17, 15) is 33.8 Å². The Morgan fingerprint density at radius 3 is 2.16 bits per heavy atom. The molecule has 1 aliphatic rings. The molecule has 4 aromatic rings. The fourth-order valence-corrected chi connectivity index (χ4v) is 8.06. The average molecular weight is 845 g/mol. The summed E-state index contributed by atoms with van der Waals surface area (Å²) < 4.78 is 12.3. The monoisotopic (exact) mass is 843 g/mol. The molecule has 1 fully saturated rings. The van der Waals surface area contributed by atoms with E-state index in [0.29, 0.717) is 38.8 Å². The maximum absolute atomic E-state index is 13.7. The lowest BCUT2D eigenvalue weighted by atomic mass is 9.88. The molecular weight excluding hydrogens is 801 g/mol. The molecule has 0 aliphatic carbocycles. The highest BCUT2D eigenvalue weighted by Gasteiger charge is 2.40. The summed E-state index contributed by atoms with van der Waals surface area (Å²) >= 11 is 11.6. The van der Waals surface area contributed by atoms with Gasteiger partial charge < -0.3 is 34.8 Å². The molecule has 5 rings (SSSR count). The van der Waals surface area contributed by atoms with Crippen molar-refractivity contribution in [2.45, 2.75) is 54.4 Å². The summed E-state index contributed by atoms with van der Waals surface area (Å²) in [6, 6.07) is 23.6. The Bertz CT molecular complexity index is 2090. The third kappa shape index (κ3) is 12.1. The minimum Gasteiger partial charge on any atom is -0.612 e. The smallest absolute Gasteiger partial charge is 0.336 e. The molecule has 0 saturated carbocycles. The lowest BCUT2D eigenvalue weighted by molar-refractivity contribution is -0.384. The van der Waals surface area contributed by atoms with Crippen molar-refractivity contribution in [2.24, 2.45) is 0 Å². The number of aliphatic carboxylic acids is 3. The molecule has 14 nitrogen and oxygen atoms in total. The maximum Gasteiger partial charge on any atom is 0.336 e. The number of aliphatic hydroxyl groups is 1. The van der Waals surface area contributed by atoms with E-state index in [4.69, 9.17) is 43.6 Å². The van der Waals surface area contributed by atoms with Crippen molar-refractivity contribution in [1.82, 2.24) is 9.80 Å². The quantitative estimate of drug-likeness (QED) is 0.0560. The van der Waals surface area contributed by atoms with Crippen LogP contribution in [0.3, 0.4) is 0 Å². The number of nitrogens with zero attached hydrogens (tertiary/aromatic N) is 3. The zero-order chi connectivity index (χ0) is 42.0. The summed E-state index contributed by atoms with van der Waals surface area (Å²) in [4.78, 5) is 60.2. The molecule has 1 unspecified atom stereocenters. The second-order valence-corrected chi connectivity index (χ2v) is 16.1. The van der Waals surface area contributed by atoms with Gasteiger partial charge in [-0.2, -0.15) is 0 Å². The summed E-state index contributed by atoms with van der Waals surface area (Å²) in [5, 5.41) is 47.4. The number of carboxylic acid groups (broad SMARTS) is 3. The maximum atomic E-state index is 13.7. The number of non-ortho nitro benzene ring substituents is 1. The predicted octanol–water partition coefficient (Wildman–Crippen LogP) is 6.67. The van der Waals surface area contributed by atoms with Crippen LogP contribution in [0.5, 0.6) is 0 Å². The summed E-state index contributed by atoms with van der Waals surface area (Å²) in [5.74, 6) is -4.77. The molecular formula is C40H43Cl2N3O11S. The number of halogens is 2. The molecule has 304 valence electrons. The van der Waals surface area contributed by atoms with E-state index in [0.717, 1.165) is 49.4 Å². The number of fused-ring (bicyclic) bond motifs is 1. The van der Waals surface area contributed by atoms with Crippen LogP contribution in [0.1, 0.15) is 65.4 Å². The molecule has 1 heterocycles. The van der Waals surface area contributed by atoms with E-state index in [1.165, 1.54) is 17.7 Å². The number of carbonyl (C=O) groups excluding carboxylic acids is 1. The van der Waals surface area contributed by atoms with E-state index in [1.807, 2.05) is 30.3 Å². The average Bonchev–Trinajstić information content (AvgIpc) is 3.16. The van der Waals surface area contributed by atoms with Gasteiger partial charge in [-0.25, -0.2) is 4.79 Å². The Hall–Kier alpha value is -4.77. The van der Waals surface area contributed by atoms with Gasteiger partial charge in [0, 0.05) is 42.8 Å². The van der Waals surface area contributed by atoms with Gasteiger partial charge in [0.2, 0.25) is 0 Å². The molecule has 0 aromatic heterocycles. The zero-order valence-electron chi connectivity index (χ0n) is 31.2. The van der Waals surface area contributed by atoms with Crippen LogP contribution in [0, 0.1) is 10.1 Å². The van der Waals surface area contributed by atoms with E-state index < -0.39 is 52.4 Å². The Morgan fingerprint density at radius 1 is 0.930 bits per heavy atom. The van der Waals surface area contributed by atoms with Crippen molar-refractivity contribution in [1.29, 1.82) is 0 Å². The van der Waals surface area contributed by atoms with Gasteiger partial charge in [-0.3, -0.25) is 24.5 Å². The fourth-order valence-electron chi connectivity index (χ4n) is 6.92. The van der Waals surface area contributed by atoms with Crippen LogP contribution in [0.15, 0.2) is 83.8 Å². The van der Waals surface area contributed by atoms with Crippen LogP contribution in [0.4, 0.5) is 5.69 Å². The minimum absolute atomic E-state index is 0.00995. The summed E-state index contributed by atoms with van der Waals surface area (Å²) in [5.41, 5.74) is -0.0314. The number of carbonyl (C=O) groups is 4. The van der Waals surface area contributed by atoms with E-state index in [1.54, 1.807) is 48.5 Å². The van der Waals surface area contributed by atoms with Gasteiger partial charge in [-0.15, -0.1) is 0 Å². The van der Waals surface area contributed by atoms with Gasteiger partial charge in [0.25, 0.3) is 11.6 Å². The number of benzene rings is 4. The van der Waals surface area contributed by atoms with Crippen molar-refractivity contribution in [2.75, 3.05) is 39.5 Å². The van der Waals surface area contributed by atoms with Gasteiger partial charge in [0.15, 0.2) is 10.5 Å². The summed E-state index contributed by atoms with van der Waals surface area (Å²) in [7, 11) is 1.79. The van der Waals surface area contributed by atoms with Crippen LogP contribution in [0.25, 0.3) is 10.8 Å². The van der Waals surface area contributed by atoms with Crippen LogP contribution in [-0.2, 0) is 25.6 Å². The number of nitro groups is 1. The van der Waals surface area contributed by atoms with Crippen LogP contribution in [0.2, 0.25) is 10.0 Å². The molecule has 2 atom stereocenters. The van der Waals surface area contributed by atoms with Crippen LogP contribution < -0.4 is 0 Å². The van der Waals surface area contributed by atoms with Gasteiger partial charge in [-0.05, 0) is 103 Å². The molecule has 17 heteroatoms. The Kier molecular flexibility index (Phi) is 15.8. The number of carboxylic acids is 3. The molecule has 1 saturated heterocycles. The third-order valence-electron chi connectivity index (χ3n) is 9.90. The lowest BCUT2D eigenvalue weighted by Gasteiger charge is -2.34. The van der Waals surface area contributed by atoms with E-state index in [-0.39, 0.29) is 17.5 Å². The number of likely N-dealkylation sites (N-methyl/N-ethyl adjacent to an activating group) is 1. The van der Waals surface area contributed by atoms with Crippen molar-refractivity contribution in [3.63, 3.8) is 0 Å². The third-order valence-corrected chi connectivity index (χ3v) is 11.6. The minimum atomic E-state index is -2.74. The first-order valence-electron chi connectivity index (χ1n) is 17.8. The second kappa shape index (κ2) is 20.1.